The van der Waals surface area contributed by atoms with Gasteiger partial charge in [0, 0.05) is 11.8 Å². The van der Waals surface area contributed by atoms with E-state index in [-0.39, 0.29) is 6.29 Å². The van der Waals surface area contributed by atoms with Crippen LogP contribution in [-0.4, -0.2) is 12.9 Å². The average Bonchev–Trinajstić information content (AvgIpc) is 2.31. The number of hydrogen-bond acceptors (Lipinski definition) is 2. The number of rotatable bonds is 3. The first-order valence-corrected chi connectivity index (χ1v) is 6.44. The maximum Gasteiger partial charge on any atom is 0.199 e. The van der Waals surface area contributed by atoms with Crippen molar-refractivity contribution in [1.29, 1.82) is 0 Å². The summed E-state index contributed by atoms with van der Waals surface area (Å²) in [6.07, 6.45) is 3.30. The van der Waals surface area contributed by atoms with E-state index >= 15 is 0 Å². The molecule has 1 aliphatic rings. The van der Waals surface area contributed by atoms with E-state index < -0.39 is 0 Å². The Hall–Kier alpha value is -0.540. The Labute approximate surface area is 98.7 Å². The lowest BCUT2D eigenvalue weighted by molar-refractivity contribution is -0.105. The molecule has 0 amide bonds. The molecule has 0 radical (unpaired) electrons. The Balaban J connectivity index is 1.96. The molecule has 82 valence electrons. The van der Waals surface area contributed by atoms with E-state index in [0.717, 1.165) is 30.5 Å². The molecule has 1 aliphatic heterocycles. The summed E-state index contributed by atoms with van der Waals surface area (Å²) in [5.74, 6) is 0.902. The Bertz CT molecular complexity index is 308. The lowest BCUT2D eigenvalue weighted by atomic mass is 10.2. The molecule has 0 aliphatic carbocycles. The lowest BCUT2D eigenvalue weighted by Crippen LogP contribution is -2.24. The second kappa shape index (κ2) is 5.52. The summed E-state index contributed by atoms with van der Waals surface area (Å²) in [5, 5.41) is 0.857. The molecule has 0 N–H and O–H groups in total. The summed E-state index contributed by atoms with van der Waals surface area (Å²) in [4.78, 5) is 0. The summed E-state index contributed by atoms with van der Waals surface area (Å²) < 4.78 is 11.3. The standard InChI is InChI=1S/C12H15BrO2/c13-9-10-4-3-5-11(8-10)15-12-6-1-2-7-14-12/h3-5,8,12H,1-2,6-7,9H2. The van der Waals surface area contributed by atoms with Gasteiger partial charge < -0.3 is 9.47 Å². The van der Waals surface area contributed by atoms with Gasteiger partial charge in [-0.05, 0) is 30.5 Å². The van der Waals surface area contributed by atoms with Gasteiger partial charge in [-0.1, -0.05) is 28.1 Å². The molecule has 1 heterocycles. The van der Waals surface area contributed by atoms with E-state index in [9.17, 15) is 0 Å². The zero-order valence-electron chi connectivity index (χ0n) is 8.62. The molecule has 0 saturated carbocycles. The highest BCUT2D eigenvalue weighted by Gasteiger charge is 2.14. The van der Waals surface area contributed by atoms with Crippen LogP contribution in [0.1, 0.15) is 24.8 Å². The predicted octanol–water partition coefficient (Wildman–Crippen LogP) is 3.49. The van der Waals surface area contributed by atoms with E-state index in [1.54, 1.807) is 0 Å². The topological polar surface area (TPSA) is 18.5 Å². The molecule has 3 heteroatoms. The van der Waals surface area contributed by atoms with Gasteiger partial charge in [0.05, 0.1) is 6.61 Å². The Morgan fingerprint density at radius 1 is 1.40 bits per heavy atom. The zero-order valence-corrected chi connectivity index (χ0v) is 10.2. The summed E-state index contributed by atoms with van der Waals surface area (Å²) >= 11 is 3.43. The molecule has 2 rings (SSSR count). The fourth-order valence-electron chi connectivity index (χ4n) is 1.66. The number of alkyl halides is 1. The fraction of sp³-hybridized carbons (Fsp3) is 0.500. The van der Waals surface area contributed by atoms with Gasteiger partial charge in [0.15, 0.2) is 6.29 Å². The molecule has 1 atom stereocenters. The fourth-order valence-corrected chi connectivity index (χ4v) is 2.01. The Morgan fingerprint density at radius 2 is 2.33 bits per heavy atom. The van der Waals surface area contributed by atoms with Gasteiger partial charge in [-0.25, -0.2) is 0 Å². The van der Waals surface area contributed by atoms with Crippen LogP contribution in [0.2, 0.25) is 0 Å². The number of ether oxygens (including phenoxy) is 2. The molecule has 1 aromatic carbocycles. The van der Waals surface area contributed by atoms with Gasteiger partial charge >= 0.3 is 0 Å². The van der Waals surface area contributed by atoms with Crippen molar-refractivity contribution in [3.63, 3.8) is 0 Å². The number of hydrogen-bond donors (Lipinski definition) is 0. The number of benzene rings is 1. The monoisotopic (exact) mass is 270 g/mol. The van der Waals surface area contributed by atoms with Crippen molar-refractivity contribution in [3.8, 4) is 5.75 Å². The predicted molar refractivity (Wildman–Crippen MR) is 63.3 cm³/mol. The lowest BCUT2D eigenvalue weighted by Gasteiger charge is -2.23. The second-order valence-corrected chi connectivity index (χ2v) is 4.26. The van der Waals surface area contributed by atoms with Gasteiger partial charge in [-0.2, -0.15) is 0 Å². The third-order valence-electron chi connectivity index (χ3n) is 2.46. The van der Waals surface area contributed by atoms with Crippen LogP contribution in [0.15, 0.2) is 24.3 Å². The first-order valence-electron chi connectivity index (χ1n) is 5.31. The average molecular weight is 271 g/mol. The molecule has 0 bridgehead atoms. The Kier molecular flexibility index (Phi) is 4.03. The summed E-state index contributed by atoms with van der Waals surface area (Å²) in [7, 11) is 0. The molecule has 1 saturated heterocycles. The molecule has 1 aromatic rings. The van der Waals surface area contributed by atoms with Gasteiger partial charge in [-0.3, -0.25) is 0 Å². The first-order chi connectivity index (χ1) is 7.38. The van der Waals surface area contributed by atoms with Gasteiger partial charge in [-0.15, -0.1) is 0 Å². The van der Waals surface area contributed by atoms with Crippen LogP contribution in [-0.2, 0) is 10.1 Å². The molecule has 1 fully saturated rings. The maximum atomic E-state index is 5.75. The van der Waals surface area contributed by atoms with E-state index in [2.05, 4.69) is 22.0 Å². The highest BCUT2D eigenvalue weighted by molar-refractivity contribution is 9.08. The summed E-state index contributed by atoms with van der Waals surface area (Å²) in [6.45, 7) is 0.822. The smallest absolute Gasteiger partial charge is 0.199 e. The van der Waals surface area contributed by atoms with E-state index in [1.807, 2.05) is 18.2 Å². The molecule has 0 aromatic heterocycles. The van der Waals surface area contributed by atoms with Gasteiger partial charge in [0.1, 0.15) is 5.75 Å². The van der Waals surface area contributed by atoms with Crippen molar-refractivity contribution >= 4 is 15.9 Å². The van der Waals surface area contributed by atoms with Crippen molar-refractivity contribution in [2.75, 3.05) is 6.61 Å². The van der Waals surface area contributed by atoms with Crippen LogP contribution in [0, 0.1) is 0 Å². The van der Waals surface area contributed by atoms with E-state index in [1.165, 1.54) is 12.0 Å². The molecular weight excluding hydrogens is 256 g/mol. The summed E-state index contributed by atoms with van der Waals surface area (Å²) in [5.41, 5.74) is 1.23. The van der Waals surface area contributed by atoms with Crippen molar-refractivity contribution < 1.29 is 9.47 Å². The number of halogens is 1. The molecule has 1 unspecified atom stereocenters. The molecule has 2 nitrogen and oxygen atoms in total. The van der Waals surface area contributed by atoms with Crippen LogP contribution in [0.5, 0.6) is 5.75 Å². The van der Waals surface area contributed by atoms with Crippen LogP contribution in [0.4, 0.5) is 0 Å². The highest BCUT2D eigenvalue weighted by atomic mass is 79.9. The van der Waals surface area contributed by atoms with Crippen molar-refractivity contribution in [2.45, 2.75) is 30.9 Å². The van der Waals surface area contributed by atoms with Crippen LogP contribution < -0.4 is 4.74 Å². The van der Waals surface area contributed by atoms with Crippen molar-refractivity contribution in [2.24, 2.45) is 0 Å². The quantitative estimate of drug-likeness (QED) is 0.783. The first kappa shape index (κ1) is 11.0. The minimum atomic E-state index is -0.0516. The zero-order chi connectivity index (χ0) is 10.5. The van der Waals surface area contributed by atoms with Gasteiger partial charge in [0.2, 0.25) is 0 Å². The molecule has 15 heavy (non-hydrogen) atoms. The SMILES string of the molecule is BrCc1cccc(OC2CCCCO2)c1. The van der Waals surface area contributed by atoms with E-state index in [4.69, 9.17) is 9.47 Å². The second-order valence-electron chi connectivity index (χ2n) is 3.70. The third kappa shape index (κ3) is 3.21. The molecular formula is C12H15BrO2. The van der Waals surface area contributed by atoms with Crippen LogP contribution >= 0.6 is 15.9 Å². The van der Waals surface area contributed by atoms with Crippen LogP contribution in [0.25, 0.3) is 0 Å². The largest absolute Gasteiger partial charge is 0.465 e. The molecule has 0 spiro atoms. The van der Waals surface area contributed by atoms with E-state index in [0.29, 0.717) is 0 Å². The maximum absolute atomic E-state index is 5.75. The normalized spacial score (nSPS) is 21.3. The minimum Gasteiger partial charge on any atom is -0.465 e. The Morgan fingerprint density at radius 3 is 3.07 bits per heavy atom. The van der Waals surface area contributed by atoms with Crippen molar-refractivity contribution in [3.05, 3.63) is 29.8 Å². The third-order valence-corrected chi connectivity index (χ3v) is 3.11. The van der Waals surface area contributed by atoms with Crippen molar-refractivity contribution in [1.82, 2.24) is 0 Å². The highest BCUT2D eigenvalue weighted by Crippen LogP contribution is 2.20. The van der Waals surface area contributed by atoms with Gasteiger partial charge in [0.25, 0.3) is 0 Å². The summed E-state index contributed by atoms with van der Waals surface area (Å²) in [6, 6.07) is 8.11. The minimum absolute atomic E-state index is 0.0516. The van der Waals surface area contributed by atoms with Crippen LogP contribution in [0.3, 0.4) is 0 Å².